The van der Waals surface area contributed by atoms with Crippen molar-refractivity contribution in [3.63, 3.8) is 0 Å². The van der Waals surface area contributed by atoms with Gasteiger partial charge in [0.25, 0.3) is 0 Å². The van der Waals surface area contributed by atoms with Crippen LogP contribution in [0.25, 0.3) is 0 Å². The van der Waals surface area contributed by atoms with E-state index in [1.165, 1.54) is 23.1 Å². The molecule has 1 aromatic carbocycles. The third kappa shape index (κ3) is 4.09. The third-order valence-electron chi connectivity index (χ3n) is 6.75. The first-order valence-corrected chi connectivity index (χ1v) is 11.1. The highest BCUT2D eigenvalue weighted by Crippen LogP contribution is 2.49. The first kappa shape index (κ1) is 21.2. The van der Waals surface area contributed by atoms with Gasteiger partial charge in [-0.1, -0.05) is 30.4 Å². The van der Waals surface area contributed by atoms with E-state index in [1.54, 1.807) is 6.08 Å². The molecule has 1 heterocycles. The molecule has 2 aliphatic carbocycles. The van der Waals surface area contributed by atoms with Crippen molar-refractivity contribution >= 4 is 18.6 Å². The van der Waals surface area contributed by atoms with Gasteiger partial charge in [0.05, 0.1) is 5.76 Å². The average Bonchev–Trinajstić information content (AvgIpc) is 3.12. The fraction of sp³-hybridized carbons (Fsp3) is 0.560. The minimum Gasteiger partial charge on any atom is -0.534 e. The Labute approximate surface area is 180 Å². The molecule has 1 aromatic rings. The molecular formula is C25H33BO4. The number of aryl methyl sites for hydroxylation is 1. The summed E-state index contributed by atoms with van der Waals surface area (Å²) in [6.07, 6.45) is 8.09. The smallest absolute Gasteiger partial charge is 0.534 e. The highest BCUT2D eigenvalue weighted by molar-refractivity contribution is 6.62. The van der Waals surface area contributed by atoms with E-state index in [9.17, 15) is 4.79 Å². The third-order valence-corrected chi connectivity index (χ3v) is 6.75. The molecule has 4 nitrogen and oxygen atoms in total. The van der Waals surface area contributed by atoms with Crippen LogP contribution in [0.3, 0.4) is 0 Å². The van der Waals surface area contributed by atoms with Gasteiger partial charge in [0.1, 0.15) is 11.2 Å². The highest BCUT2D eigenvalue weighted by Gasteiger charge is 2.45. The molecule has 4 rings (SSSR count). The van der Waals surface area contributed by atoms with Crippen molar-refractivity contribution < 1.29 is 18.8 Å². The molecule has 0 amide bonds. The number of carbonyl (C=O) groups is 1. The zero-order chi connectivity index (χ0) is 21.7. The van der Waals surface area contributed by atoms with E-state index in [2.05, 4.69) is 24.8 Å². The Morgan fingerprint density at radius 3 is 2.43 bits per heavy atom. The molecule has 5 heteroatoms. The standard InChI is InChI=1S/C25H33BO4/c1-17-24(5,6)30-26(29-17)20-7-8-21-19(16-20)11-14-25(21)12-9-18(10-13-25)15-22(27)28-23(2,3)4/h7-8,15-16H,1,9-14H2,2-6H3. The number of fused-ring (bicyclic) bond motifs is 2. The molecule has 0 N–H and O–H groups in total. The average molecular weight is 408 g/mol. The summed E-state index contributed by atoms with van der Waals surface area (Å²) in [5.74, 6) is 0.465. The van der Waals surface area contributed by atoms with Crippen LogP contribution in [0.4, 0.5) is 0 Å². The van der Waals surface area contributed by atoms with E-state index in [4.69, 9.17) is 14.0 Å². The first-order chi connectivity index (χ1) is 14.0. The Bertz CT molecular complexity index is 896. The highest BCUT2D eigenvalue weighted by atomic mass is 16.7. The number of allylic oxidation sites excluding steroid dienone is 1. The number of esters is 1. The molecule has 0 atom stereocenters. The van der Waals surface area contributed by atoms with Crippen LogP contribution in [-0.4, -0.2) is 24.3 Å². The van der Waals surface area contributed by atoms with Crippen molar-refractivity contribution in [2.75, 3.05) is 0 Å². The maximum Gasteiger partial charge on any atom is 0.563 e. The van der Waals surface area contributed by atoms with Crippen LogP contribution in [-0.2, 0) is 30.7 Å². The maximum absolute atomic E-state index is 12.1. The minimum atomic E-state index is -0.453. The summed E-state index contributed by atoms with van der Waals surface area (Å²) in [6, 6.07) is 6.69. The van der Waals surface area contributed by atoms with E-state index in [0.717, 1.165) is 37.6 Å². The number of carbonyl (C=O) groups excluding carboxylic acids is 1. The van der Waals surface area contributed by atoms with Gasteiger partial charge in [0.15, 0.2) is 0 Å². The Balaban J connectivity index is 1.46. The van der Waals surface area contributed by atoms with Gasteiger partial charge in [-0.15, -0.1) is 0 Å². The SMILES string of the molecule is C=C1OB(c2ccc3c(c2)CCC32CCC(=CC(=O)OC(C)(C)C)CC2)OC1(C)C. The van der Waals surface area contributed by atoms with Crippen molar-refractivity contribution in [2.24, 2.45) is 0 Å². The Hall–Kier alpha value is -2.01. The summed E-state index contributed by atoms with van der Waals surface area (Å²) in [5.41, 5.74) is 4.51. The largest absolute Gasteiger partial charge is 0.563 e. The minimum absolute atomic E-state index is 0.217. The molecule has 0 aromatic heterocycles. The molecular weight excluding hydrogens is 375 g/mol. The van der Waals surface area contributed by atoms with Crippen LogP contribution in [0.5, 0.6) is 0 Å². The summed E-state index contributed by atoms with van der Waals surface area (Å²) < 4.78 is 17.4. The number of benzene rings is 1. The van der Waals surface area contributed by atoms with Crippen LogP contribution < -0.4 is 5.46 Å². The van der Waals surface area contributed by atoms with E-state index in [0.29, 0.717) is 5.76 Å². The van der Waals surface area contributed by atoms with Crippen LogP contribution >= 0.6 is 0 Å². The maximum atomic E-state index is 12.1. The van der Waals surface area contributed by atoms with Gasteiger partial charge < -0.3 is 14.0 Å². The zero-order valence-corrected chi connectivity index (χ0v) is 19.0. The number of rotatable bonds is 2. The summed E-state index contributed by atoms with van der Waals surface area (Å²) in [7, 11) is -0.371. The lowest BCUT2D eigenvalue weighted by Gasteiger charge is -2.36. The molecule has 1 saturated carbocycles. The molecule has 30 heavy (non-hydrogen) atoms. The predicted molar refractivity (Wildman–Crippen MR) is 120 cm³/mol. The molecule has 0 bridgehead atoms. The van der Waals surface area contributed by atoms with Gasteiger partial charge in [-0.25, -0.2) is 4.79 Å². The molecule has 1 aliphatic heterocycles. The van der Waals surface area contributed by atoms with E-state index in [-0.39, 0.29) is 18.5 Å². The fourth-order valence-corrected chi connectivity index (χ4v) is 4.97. The number of ether oxygens (including phenoxy) is 1. The normalized spacial score (nSPS) is 25.3. The number of hydrogen-bond donors (Lipinski definition) is 0. The van der Waals surface area contributed by atoms with Crippen LogP contribution in [0.2, 0.25) is 0 Å². The topological polar surface area (TPSA) is 44.8 Å². The summed E-state index contributed by atoms with van der Waals surface area (Å²) >= 11 is 0. The van der Waals surface area contributed by atoms with E-state index < -0.39 is 11.2 Å². The Morgan fingerprint density at radius 2 is 1.83 bits per heavy atom. The van der Waals surface area contributed by atoms with Gasteiger partial charge in [-0.2, -0.15) is 0 Å². The Morgan fingerprint density at radius 1 is 1.17 bits per heavy atom. The summed E-state index contributed by atoms with van der Waals surface area (Å²) in [4.78, 5) is 12.1. The van der Waals surface area contributed by atoms with Crippen LogP contribution in [0.15, 0.2) is 42.2 Å². The molecule has 1 spiro atoms. The second-order valence-electron chi connectivity index (χ2n) is 10.5. The van der Waals surface area contributed by atoms with Crippen LogP contribution in [0.1, 0.15) is 77.8 Å². The second kappa shape index (κ2) is 7.30. The molecule has 160 valence electrons. The van der Waals surface area contributed by atoms with Gasteiger partial charge in [-0.05, 0) is 95.1 Å². The Kier molecular flexibility index (Phi) is 5.17. The molecule has 3 aliphatic rings. The fourth-order valence-electron chi connectivity index (χ4n) is 4.97. The van der Waals surface area contributed by atoms with E-state index >= 15 is 0 Å². The molecule has 0 radical (unpaired) electrons. The van der Waals surface area contributed by atoms with Crippen LogP contribution in [0, 0.1) is 0 Å². The van der Waals surface area contributed by atoms with E-state index in [1.807, 2.05) is 34.6 Å². The monoisotopic (exact) mass is 408 g/mol. The van der Waals surface area contributed by atoms with Gasteiger partial charge in [-0.3, -0.25) is 0 Å². The summed E-state index contributed by atoms with van der Waals surface area (Å²) in [5, 5.41) is 0. The lowest BCUT2D eigenvalue weighted by molar-refractivity contribution is -0.148. The molecule has 0 unspecified atom stereocenters. The van der Waals surface area contributed by atoms with Crippen molar-refractivity contribution in [3.05, 3.63) is 53.3 Å². The second-order valence-corrected chi connectivity index (χ2v) is 10.5. The van der Waals surface area contributed by atoms with Crippen molar-refractivity contribution in [2.45, 2.75) is 89.8 Å². The lowest BCUT2D eigenvalue weighted by Crippen LogP contribution is -2.35. The van der Waals surface area contributed by atoms with Crippen molar-refractivity contribution in [3.8, 4) is 0 Å². The first-order valence-electron chi connectivity index (χ1n) is 11.1. The van der Waals surface area contributed by atoms with Crippen molar-refractivity contribution in [1.82, 2.24) is 0 Å². The lowest BCUT2D eigenvalue weighted by atomic mass is 9.68. The predicted octanol–water partition coefficient (Wildman–Crippen LogP) is 4.75. The quantitative estimate of drug-likeness (QED) is 0.403. The van der Waals surface area contributed by atoms with Gasteiger partial charge in [0.2, 0.25) is 0 Å². The molecule has 2 fully saturated rings. The zero-order valence-electron chi connectivity index (χ0n) is 19.0. The summed E-state index contributed by atoms with van der Waals surface area (Å²) in [6.45, 7) is 13.7. The van der Waals surface area contributed by atoms with Crippen molar-refractivity contribution in [1.29, 1.82) is 0 Å². The number of hydrogen-bond acceptors (Lipinski definition) is 4. The van der Waals surface area contributed by atoms with Gasteiger partial charge >= 0.3 is 13.1 Å². The van der Waals surface area contributed by atoms with Gasteiger partial charge in [0, 0.05) is 6.08 Å². The molecule has 1 saturated heterocycles.